The lowest BCUT2D eigenvalue weighted by Gasteiger charge is -2.29. The van der Waals surface area contributed by atoms with Gasteiger partial charge in [-0.2, -0.15) is 0 Å². The van der Waals surface area contributed by atoms with Gasteiger partial charge in [-0.1, -0.05) is 53.4 Å². The van der Waals surface area contributed by atoms with Crippen molar-refractivity contribution in [1.29, 1.82) is 0 Å². The van der Waals surface area contributed by atoms with Crippen molar-refractivity contribution in [3.63, 3.8) is 0 Å². The Kier molecular flexibility index (Phi) is 6.04. The molecule has 0 radical (unpaired) electrons. The number of hydrogen-bond donors (Lipinski definition) is 0. The van der Waals surface area contributed by atoms with Crippen molar-refractivity contribution in [2.24, 2.45) is 5.92 Å². The molecule has 136 valence electrons. The van der Waals surface area contributed by atoms with Gasteiger partial charge in [0.1, 0.15) is 0 Å². The summed E-state index contributed by atoms with van der Waals surface area (Å²) < 4.78 is 0.974. The average molecular weight is 417 g/mol. The van der Waals surface area contributed by atoms with Crippen molar-refractivity contribution in [3.05, 3.63) is 68.7 Å². The molecule has 2 aromatic carbocycles. The number of non-ortho nitro benzene ring substituents is 1. The number of hydrogen-bond acceptors (Lipinski definition) is 3. The van der Waals surface area contributed by atoms with E-state index in [1.54, 1.807) is 17.0 Å². The summed E-state index contributed by atoms with van der Waals surface area (Å²) in [6, 6.07) is 14.1. The van der Waals surface area contributed by atoms with E-state index in [0.29, 0.717) is 12.2 Å². The zero-order valence-electron chi connectivity index (χ0n) is 14.4. The fourth-order valence-electron chi connectivity index (χ4n) is 3.41. The van der Waals surface area contributed by atoms with Crippen LogP contribution in [0.15, 0.2) is 53.0 Å². The highest BCUT2D eigenvalue weighted by atomic mass is 79.9. The number of nitro groups is 1. The van der Waals surface area contributed by atoms with Crippen LogP contribution in [0.3, 0.4) is 0 Å². The summed E-state index contributed by atoms with van der Waals surface area (Å²) in [5.41, 5.74) is 1.57. The Labute approximate surface area is 161 Å². The topological polar surface area (TPSA) is 63.5 Å². The van der Waals surface area contributed by atoms with Gasteiger partial charge < -0.3 is 4.90 Å². The Morgan fingerprint density at radius 3 is 2.46 bits per heavy atom. The second-order valence-corrected chi connectivity index (χ2v) is 7.58. The standard InChI is InChI=1S/C20H21BrN2O3/c21-17-11-9-15(10-12-17)14-22(20(24)16-5-2-1-3-6-16)18-7-4-8-19(13-18)23(25)26/h4,7-13,16H,1-3,5-6,14H2. The van der Waals surface area contributed by atoms with Crippen LogP contribution in [0.5, 0.6) is 0 Å². The van der Waals surface area contributed by atoms with Crippen LogP contribution in [0.25, 0.3) is 0 Å². The summed E-state index contributed by atoms with van der Waals surface area (Å²) in [5, 5.41) is 11.1. The lowest BCUT2D eigenvalue weighted by molar-refractivity contribution is -0.384. The number of rotatable bonds is 5. The largest absolute Gasteiger partial charge is 0.308 e. The Morgan fingerprint density at radius 1 is 1.12 bits per heavy atom. The first kappa shape index (κ1) is 18.6. The maximum absolute atomic E-state index is 13.2. The first-order chi connectivity index (χ1) is 12.5. The van der Waals surface area contributed by atoms with E-state index in [-0.39, 0.29) is 17.5 Å². The van der Waals surface area contributed by atoms with Gasteiger partial charge in [0.25, 0.3) is 5.69 Å². The number of halogens is 1. The first-order valence-corrected chi connectivity index (χ1v) is 9.64. The van der Waals surface area contributed by atoms with E-state index in [9.17, 15) is 14.9 Å². The van der Waals surface area contributed by atoms with Crippen molar-refractivity contribution >= 4 is 33.2 Å². The van der Waals surface area contributed by atoms with E-state index >= 15 is 0 Å². The molecule has 0 saturated heterocycles. The number of carbonyl (C=O) groups excluding carboxylic acids is 1. The highest BCUT2D eigenvalue weighted by Gasteiger charge is 2.27. The summed E-state index contributed by atoms with van der Waals surface area (Å²) in [6.07, 6.45) is 5.09. The molecule has 1 aliphatic carbocycles. The number of nitrogens with zero attached hydrogens (tertiary/aromatic N) is 2. The van der Waals surface area contributed by atoms with Crippen molar-refractivity contribution in [3.8, 4) is 0 Å². The van der Waals surface area contributed by atoms with Crippen LogP contribution in [-0.4, -0.2) is 10.8 Å². The molecule has 0 atom stereocenters. The molecule has 1 fully saturated rings. The van der Waals surface area contributed by atoms with Crippen LogP contribution in [-0.2, 0) is 11.3 Å². The van der Waals surface area contributed by atoms with Gasteiger partial charge in [-0.15, -0.1) is 0 Å². The molecule has 6 heteroatoms. The normalized spacial score (nSPS) is 14.8. The third kappa shape index (κ3) is 4.49. The number of carbonyl (C=O) groups is 1. The fraction of sp³-hybridized carbons (Fsp3) is 0.350. The van der Waals surface area contributed by atoms with Gasteiger partial charge in [-0.05, 0) is 36.6 Å². The average Bonchev–Trinajstić information content (AvgIpc) is 2.68. The van der Waals surface area contributed by atoms with E-state index in [1.807, 2.05) is 24.3 Å². The molecule has 0 spiro atoms. The minimum Gasteiger partial charge on any atom is -0.308 e. The molecule has 0 N–H and O–H groups in total. The molecule has 1 amide bonds. The number of nitro benzene ring substituents is 1. The highest BCUT2D eigenvalue weighted by molar-refractivity contribution is 9.10. The van der Waals surface area contributed by atoms with E-state index in [4.69, 9.17) is 0 Å². The van der Waals surface area contributed by atoms with Gasteiger partial charge in [0.15, 0.2) is 0 Å². The molecule has 3 rings (SSSR count). The van der Waals surface area contributed by atoms with E-state index < -0.39 is 4.92 Å². The summed E-state index contributed by atoms with van der Waals surface area (Å²) in [5.74, 6) is 0.0616. The van der Waals surface area contributed by atoms with Crippen LogP contribution < -0.4 is 4.90 Å². The van der Waals surface area contributed by atoms with Gasteiger partial charge in [0, 0.05) is 22.5 Å². The van der Waals surface area contributed by atoms with Gasteiger partial charge >= 0.3 is 0 Å². The zero-order valence-corrected chi connectivity index (χ0v) is 16.0. The quantitative estimate of drug-likeness (QED) is 0.479. The fourth-order valence-corrected chi connectivity index (χ4v) is 3.68. The highest BCUT2D eigenvalue weighted by Crippen LogP contribution is 2.30. The maximum atomic E-state index is 13.2. The Bertz CT molecular complexity index is 786. The van der Waals surface area contributed by atoms with E-state index in [0.717, 1.165) is 35.7 Å². The summed E-state index contributed by atoms with van der Waals surface area (Å²) in [7, 11) is 0. The van der Waals surface area contributed by atoms with Crippen molar-refractivity contribution in [2.45, 2.75) is 38.6 Å². The second kappa shape index (κ2) is 8.45. The van der Waals surface area contributed by atoms with Crippen LogP contribution in [0.4, 0.5) is 11.4 Å². The lowest BCUT2D eigenvalue weighted by Crippen LogP contribution is -2.36. The van der Waals surface area contributed by atoms with Gasteiger partial charge in [-0.25, -0.2) is 0 Å². The monoisotopic (exact) mass is 416 g/mol. The minimum absolute atomic E-state index is 0.000231. The van der Waals surface area contributed by atoms with Crippen LogP contribution in [0, 0.1) is 16.0 Å². The van der Waals surface area contributed by atoms with E-state index in [2.05, 4.69) is 15.9 Å². The van der Waals surface area contributed by atoms with Crippen LogP contribution in [0.2, 0.25) is 0 Å². The molecule has 1 aliphatic rings. The molecule has 26 heavy (non-hydrogen) atoms. The predicted octanol–water partition coefficient (Wildman–Crippen LogP) is 5.47. The summed E-state index contributed by atoms with van der Waals surface area (Å²) in [4.78, 5) is 25.6. The second-order valence-electron chi connectivity index (χ2n) is 6.66. The first-order valence-electron chi connectivity index (χ1n) is 8.85. The Morgan fingerprint density at radius 2 is 1.81 bits per heavy atom. The molecule has 0 bridgehead atoms. The van der Waals surface area contributed by atoms with Crippen molar-refractivity contribution in [1.82, 2.24) is 0 Å². The number of anilines is 1. The predicted molar refractivity (Wildman–Crippen MR) is 105 cm³/mol. The summed E-state index contributed by atoms with van der Waals surface area (Å²) in [6.45, 7) is 0.407. The molecular formula is C20H21BrN2O3. The molecule has 0 unspecified atom stereocenters. The maximum Gasteiger partial charge on any atom is 0.271 e. The summed E-state index contributed by atoms with van der Waals surface area (Å²) >= 11 is 3.42. The minimum atomic E-state index is -0.424. The number of benzene rings is 2. The lowest BCUT2D eigenvalue weighted by atomic mass is 9.88. The van der Waals surface area contributed by atoms with E-state index in [1.165, 1.54) is 18.6 Å². The smallest absolute Gasteiger partial charge is 0.271 e. The van der Waals surface area contributed by atoms with Crippen molar-refractivity contribution in [2.75, 3.05) is 4.90 Å². The molecule has 2 aromatic rings. The van der Waals surface area contributed by atoms with Gasteiger partial charge in [0.2, 0.25) is 5.91 Å². The molecular weight excluding hydrogens is 396 g/mol. The Balaban J connectivity index is 1.92. The van der Waals surface area contributed by atoms with Crippen LogP contribution in [0.1, 0.15) is 37.7 Å². The SMILES string of the molecule is O=C(C1CCCCC1)N(Cc1ccc(Br)cc1)c1cccc([N+](=O)[O-])c1. The molecule has 0 aliphatic heterocycles. The van der Waals surface area contributed by atoms with Crippen molar-refractivity contribution < 1.29 is 9.72 Å². The third-order valence-corrected chi connectivity index (χ3v) is 5.36. The third-order valence-electron chi connectivity index (χ3n) is 4.83. The Hall–Kier alpha value is -2.21. The molecule has 0 heterocycles. The molecule has 5 nitrogen and oxygen atoms in total. The van der Waals surface area contributed by atoms with Crippen LogP contribution >= 0.6 is 15.9 Å². The molecule has 1 saturated carbocycles. The molecule has 0 aromatic heterocycles. The van der Waals surface area contributed by atoms with Gasteiger partial charge in [-0.3, -0.25) is 14.9 Å². The number of amides is 1. The van der Waals surface area contributed by atoms with Gasteiger partial charge in [0.05, 0.1) is 17.2 Å². The zero-order chi connectivity index (χ0) is 18.5.